The Labute approximate surface area is 152 Å². The number of ether oxygens (including phenoxy) is 4. The summed E-state index contributed by atoms with van der Waals surface area (Å²) in [6.45, 7) is -0.486. The summed E-state index contributed by atoms with van der Waals surface area (Å²) in [5.41, 5.74) is -0.751. The summed E-state index contributed by atoms with van der Waals surface area (Å²) in [4.78, 5) is 24.4. The van der Waals surface area contributed by atoms with Gasteiger partial charge in [-0.2, -0.15) is 5.26 Å². The van der Waals surface area contributed by atoms with Crippen molar-refractivity contribution >= 4 is 11.9 Å². The number of esters is 1. The van der Waals surface area contributed by atoms with E-state index in [2.05, 4.69) is 11.4 Å². The highest BCUT2D eigenvalue weighted by Gasteiger charge is 2.35. The summed E-state index contributed by atoms with van der Waals surface area (Å²) < 4.78 is 20.7. The molecule has 0 bridgehead atoms. The molecule has 8 nitrogen and oxygen atoms in total. The Hall–Kier alpha value is -2.95. The summed E-state index contributed by atoms with van der Waals surface area (Å²) >= 11 is 0. The maximum absolute atomic E-state index is 12.3. The molecule has 1 fully saturated rings. The van der Waals surface area contributed by atoms with Gasteiger partial charge in [0.2, 0.25) is 5.75 Å². The first kappa shape index (κ1) is 19.4. The number of nitrogens with zero attached hydrogens (tertiary/aromatic N) is 1. The lowest BCUT2D eigenvalue weighted by atomic mass is 10.00. The van der Waals surface area contributed by atoms with Crippen molar-refractivity contribution in [2.45, 2.75) is 31.2 Å². The van der Waals surface area contributed by atoms with Crippen LogP contribution < -0.4 is 19.5 Å². The van der Waals surface area contributed by atoms with E-state index < -0.39 is 24.0 Å². The topological polar surface area (TPSA) is 107 Å². The fraction of sp³-hybridized carbons (Fsp3) is 0.500. The van der Waals surface area contributed by atoms with Gasteiger partial charge in [-0.3, -0.25) is 4.79 Å². The van der Waals surface area contributed by atoms with Crippen LogP contribution in [0.2, 0.25) is 0 Å². The zero-order valence-electron chi connectivity index (χ0n) is 15.1. The zero-order chi connectivity index (χ0) is 19.2. The Kier molecular flexibility index (Phi) is 6.28. The number of benzene rings is 1. The number of carbonyl (C=O) groups is 2. The molecule has 0 atom stereocenters. The maximum Gasteiger partial charge on any atom is 0.342 e. The van der Waals surface area contributed by atoms with Gasteiger partial charge in [-0.1, -0.05) is 0 Å². The quantitative estimate of drug-likeness (QED) is 0.737. The van der Waals surface area contributed by atoms with Crippen LogP contribution in [0.5, 0.6) is 17.2 Å². The molecule has 1 N–H and O–H groups in total. The minimum atomic E-state index is -0.857. The van der Waals surface area contributed by atoms with Crippen LogP contribution in [-0.2, 0) is 9.53 Å². The Morgan fingerprint density at radius 3 is 2.31 bits per heavy atom. The Balaban J connectivity index is 2.06. The molecule has 0 spiro atoms. The van der Waals surface area contributed by atoms with Crippen LogP contribution in [0.4, 0.5) is 0 Å². The monoisotopic (exact) mass is 362 g/mol. The fourth-order valence-electron chi connectivity index (χ4n) is 3.02. The minimum absolute atomic E-state index is 0.105. The number of hydrogen-bond acceptors (Lipinski definition) is 7. The Bertz CT molecular complexity index is 719. The normalized spacial score (nSPS) is 14.8. The lowest BCUT2D eigenvalue weighted by Gasteiger charge is -2.21. The Morgan fingerprint density at radius 2 is 1.77 bits per heavy atom. The van der Waals surface area contributed by atoms with Gasteiger partial charge in [0.1, 0.15) is 11.1 Å². The number of carbonyl (C=O) groups excluding carboxylic acids is 2. The van der Waals surface area contributed by atoms with Crippen molar-refractivity contribution in [3.63, 3.8) is 0 Å². The van der Waals surface area contributed by atoms with E-state index >= 15 is 0 Å². The molecular formula is C18H22N2O6. The number of nitriles is 1. The van der Waals surface area contributed by atoms with E-state index in [1.165, 1.54) is 27.4 Å². The summed E-state index contributed by atoms with van der Waals surface area (Å²) in [5.74, 6) is -0.447. The highest BCUT2D eigenvalue weighted by atomic mass is 16.5. The molecule has 0 aromatic heterocycles. The average Bonchev–Trinajstić information content (AvgIpc) is 3.13. The third kappa shape index (κ3) is 3.99. The first-order valence-electron chi connectivity index (χ1n) is 8.18. The third-order valence-electron chi connectivity index (χ3n) is 4.31. The summed E-state index contributed by atoms with van der Waals surface area (Å²) in [7, 11) is 4.27. The highest BCUT2D eigenvalue weighted by molar-refractivity contribution is 5.95. The molecule has 1 aromatic rings. The van der Waals surface area contributed by atoms with Gasteiger partial charge in [0.05, 0.1) is 27.4 Å². The van der Waals surface area contributed by atoms with E-state index in [4.69, 9.17) is 18.9 Å². The molecule has 0 heterocycles. The summed E-state index contributed by atoms with van der Waals surface area (Å²) in [6, 6.07) is 5.16. The van der Waals surface area contributed by atoms with Crippen molar-refractivity contribution in [2.75, 3.05) is 27.9 Å². The van der Waals surface area contributed by atoms with Gasteiger partial charge in [-0.25, -0.2) is 4.79 Å². The van der Waals surface area contributed by atoms with Gasteiger partial charge in [-0.15, -0.1) is 0 Å². The van der Waals surface area contributed by atoms with Gasteiger partial charge >= 0.3 is 5.97 Å². The largest absolute Gasteiger partial charge is 0.493 e. The number of nitrogens with one attached hydrogen (secondary N) is 1. The molecule has 1 saturated carbocycles. The Morgan fingerprint density at radius 1 is 1.12 bits per heavy atom. The maximum atomic E-state index is 12.3. The van der Waals surface area contributed by atoms with Crippen molar-refractivity contribution in [3.8, 4) is 23.3 Å². The van der Waals surface area contributed by atoms with Gasteiger partial charge in [0, 0.05) is 0 Å². The van der Waals surface area contributed by atoms with Gasteiger partial charge in [-0.05, 0) is 37.8 Å². The number of hydrogen-bond donors (Lipinski definition) is 1. The molecule has 0 aliphatic heterocycles. The lowest BCUT2D eigenvalue weighted by Crippen LogP contribution is -2.46. The molecule has 1 amide bonds. The SMILES string of the molecule is COc1ccc(C(=O)OCC(=O)NC2(C#N)CCCC2)c(OC)c1OC. The van der Waals surface area contributed by atoms with Gasteiger partial charge < -0.3 is 24.3 Å². The summed E-state index contributed by atoms with van der Waals surface area (Å²) in [6.07, 6.45) is 2.98. The van der Waals surface area contributed by atoms with Crippen LogP contribution >= 0.6 is 0 Å². The van der Waals surface area contributed by atoms with Crippen molar-refractivity contribution in [3.05, 3.63) is 17.7 Å². The van der Waals surface area contributed by atoms with E-state index in [9.17, 15) is 14.9 Å². The molecule has 8 heteroatoms. The third-order valence-corrected chi connectivity index (χ3v) is 4.31. The molecule has 1 aromatic carbocycles. The van der Waals surface area contributed by atoms with E-state index in [1.807, 2.05) is 0 Å². The number of amides is 1. The first-order valence-corrected chi connectivity index (χ1v) is 8.18. The van der Waals surface area contributed by atoms with E-state index in [0.29, 0.717) is 18.6 Å². The second-order valence-corrected chi connectivity index (χ2v) is 5.91. The van der Waals surface area contributed by atoms with Crippen LogP contribution in [0.3, 0.4) is 0 Å². The lowest BCUT2D eigenvalue weighted by molar-refractivity contribution is -0.125. The molecule has 0 radical (unpaired) electrons. The predicted octanol–water partition coefficient (Wildman–Crippen LogP) is 1.82. The molecule has 1 aliphatic rings. The van der Waals surface area contributed by atoms with Gasteiger partial charge in [0.15, 0.2) is 18.1 Å². The van der Waals surface area contributed by atoms with Gasteiger partial charge in [0.25, 0.3) is 5.91 Å². The number of rotatable bonds is 7. The summed E-state index contributed by atoms with van der Waals surface area (Å²) in [5, 5.41) is 11.9. The van der Waals surface area contributed by atoms with Crippen LogP contribution in [-0.4, -0.2) is 45.4 Å². The molecule has 0 unspecified atom stereocenters. The van der Waals surface area contributed by atoms with Crippen LogP contribution in [0, 0.1) is 11.3 Å². The molecule has 0 saturated heterocycles. The van der Waals surface area contributed by atoms with Crippen molar-refractivity contribution in [1.29, 1.82) is 5.26 Å². The van der Waals surface area contributed by atoms with E-state index in [0.717, 1.165) is 12.8 Å². The fourth-order valence-corrected chi connectivity index (χ4v) is 3.02. The smallest absolute Gasteiger partial charge is 0.342 e. The van der Waals surface area contributed by atoms with E-state index in [-0.39, 0.29) is 17.1 Å². The first-order chi connectivity index (χ1) is 12.5. The second kappa shape index (κ2) is 8.43. The predicted molar refractivity (Wildman–Crippen MR) is 91.3 cm³/mol. The van der Waals surface area contributed by atoms with Crippen LogP contribution in [0.1, 0.15) is 36.0 Å². The second-order valence-electron chi connectivity index (χ2n) is 5.91. The van der Waals surface area contributed by atoms with Crippen LogP contribution in [0.25, 0.3) is 0 Å². The molecular weight excluding hydrogens is 340 g/mol. The van der Waals surface area contributed by atoms with E-state index in [1.54, 1.807) is 6.07 Å². The van der Waals surface area contributed by atoms with Crippen LogP contribution in [0.15, 0.2) is 12.1 Å². The minimum Gasteiger partial charge on any atom is -0.493 e. The van der Waals surface area contributed by atoms with Crippen molar-refractivity contribution in [1.82, 2.24) is 5.32 Å². The molecule has 2 rings (SSSR count). The number of methoxy groups -OCH3 is 3. The van der Waals surface area contributed by atoms with Crippen molar-refractivity contribution in [2.24, 2.45) is 0 Å². The van der Waals surface area contributed by atoms with Crippen molar-refractivity contribution < 1.29 is 28.5 Å². The zero-order valence-corrected chi connectivity index (χ0v) is 15.1. The average molecular weight is 362 g/mol. The standard InChI is InChI=1S/C18H22N2O6/c1-23-13-7-6-12(15(24-2)16(13)25-3)17(22)26-10-14(21)20-18(11-19)8-4-5-9-18/h6-7H,4-5,8-10H2,1-3H3,(H,20,21). The highest BCUT2D eigenvalue weighted by Crippen LogP contribution is 2.40. The molecule has 1 aliphatic carbocycles. The molecule has 26 heavy (non-hydrogen) atoms. The molecule has 140 valence electrons.